The number of aliphatic carboxylic acids is 1. The number of hydrogen-bond donors (Lipinski definition) is 2. The number of benzene rings is 1. The monoisotopic (exact) mass is 358 g/mol. The third kappa shape index (κ3) is 5.00. The zero-order valence-electron chi connectivity index (χ0n) is 14.1. The zero-order chi connectivity index (χ0) is 18.7. The molecule has 1 unspecified atom stereocenters. The third-order valence-corrected chi connectivity index (χ3v) is 5.14. The van der Waals surface area contributed by atoms with Crippen LogP contribution in [0.3, 0.4) is 0 Å². The van der Waals surface area contributed by atoms with E-state index >= 15 is 0 Å². The number of carboxylic acids is 1. The number of sulfonamides is 1. The van der Waals surface area contributed by atoms with Crippen molar-refractivity contribution in [3.63, 3.8) is 0 Å². The molecule has 1 rings (SSSR count). The van der Waals surface area contributed by atoms with Gasteiger partial charge in [-0.15, -0.1) is 0 Å². The van der Waals surface area contributed by atoms with E-state index in [1.54, 1.807) is 13.8 Å². The van der Waals surface area contributed by atoms with Gasteiger partial charge in [-0.3, -0.25) is 14.9 Å². The fourth-order valence-electron chi connectivity index (χ4n) is 2.26. The van der Waals surface area contributed by atoms with Crippen molar-refractivity contribution in [2.24, 2.45) is 11.8 Å². The van der Waals surface area contributed by atoms with Crippen LogP contribution in [0.4, 0.5) is 5.69 Å². The van der Waals surface area contributed by atoms with E-state index in [0.29, 0.717) is 17.5 Å². The van der Waals surface area contributed by atoms with Crippen LogP contribution in [-0.2, 0) is 14.8 Å². The maximum Gasteiger partial charge on any atom is 0.307 e. The second-order valence-electron chi connectivity index (χ2n) is 6.18. The predicted molar refractivity (Wildman–Crippen MR) is 88.3 cm³/mol. The molecule has 0 saturated carbocycles. The Labute approximate surface area is 141 Å². The number of nitrogens with zero attached hydrogens (tertiary/aromatic N) is 1. The van der Waals surface area contributed by atoms with Crippen molar-refractivity contribution in [2.75, 3.05) is 6.54 Å². The fourth-order valence-corrected chi connectivity index (χ4v) is 3.58. The summed E-state index contributed by atoms with van der Waals surface area (Å²) < 4.78 is 27.0. The Hall–Kier alpha value is -2.00. The van der Waals surface area contributed by atoms with Crippen LogP contribution in [-0.4, -0.2) is 31.0 Å². The van der Waals surface area contributed by atoms with E-state index < -0.39 is 37.4 Å². The van der Waals surface area contributed by atoms with Crippen LogP contribution in [0.25, 0.3) is 0 Å². The minimum atomic E-state index is -4.19. The Morgan fingerprint density at radius 2 is 1.83 bits per heavy atom. The van der Waals surface area contributed by atoms with Gasteiger partial charge in [0.2, 0.25) is 10.0 Å². The molecule has 0 aliphatic carbocycles. The van der Waals surface area contributed by atoms with E-state index in [4.69, 9.17) is 5.11 Å². The van der Waals surface area contributed by atoms with Gasteiger partial charge in [-0.1, -0.05) is 13.8 Å². The Morgan fingerprint density at radius 3 is 2.29 bits per heavy atom. The standard InChI is InChI=1S/C15H22N2O6S/c1-9(2)5-12(15(18)19)8-16-24(22,23)14-7-11(4)10(3)6-13(14)17(20)21/h6-7,9,12,16H,5,8H2,1-4H3,(H,18,19). The molecule has 0 saturated heterocycles. The van der Waals surface area contributed by atoms with Gasteiger partial charge in [-0.05, 0) is 43.4 Å². The zero-order valence-corrected chi connectivity index (χ0v) is 14.9. The summed E-state index contributed by atoms with van der Waals surface area (Å²) in [5.74, 6) is -1.93. The normalized spacial score (nSPS) is 13.0. The summed E-state index contributed by atoms with van der Waals surface area (Å²) in [4.78, 5) is 21.1. The van der Waals surface area contributed by atoms with Crippen molar-refractivity contribution in [3.8, 4) is 0 Å². The quantitative estimate of drug-likeness (QED) is 0.542. The summed E-state index contributed by atoms with van der Waals surface area (Å²) >= 11 is 0. The van der Waals surface area contributed by atoms with Gasteiger partial charge >= 0.3 is 5.97 Å². The molecule has 0 radical (unpaired) electrons. The SMILES string of the molecule is Cc1cc([N+](=O)[O-])c(S(=O)(=O)NCC(CC(C)C)C(=O)O)cc1C. The number of hydrogen-bond acceptors (Lipinski definition) is 5. The average molecular weight is 358 g/mol. The summed E-state index contributed by atoms with van der Waals surface area (Å²) in [5, 5.41) is 20.3. The highest BCUT2D eigenvalue weighted by molar-refractivity contribution is 7.89. The first kappa shape index (κ1) is 20.0. The summed E-state index contributed by atoms with van der Waals surface area (Å²) in [5.41, 5.74) is 0.670. The molecule has 8 nitrogen and oxygen atoms in total. The molecule has 1 aromatic carbocycles. The molecule has 0 aliphatic rings. The molecule has 0 bridgehead atoms. The van der Waals surface area contributed by atoms with Gasteiger partial charge in [-0.25, -0.2) is 13.1 Å². The lowest BCUT2D eigenvalue weighted by molar-refractivity contribution is -0.387. The average Bonchev–Trinajstić information content (AvgIpc) is 2.44. The lowest BCUT2D eigenvalue weighted by Gasteiger charge is -2.16. The van der Waals surface area contributed by atoms with Crippen molar-refractivity contribution in [3.05, 3.63) is 33.4 Å². The molecule has 0 aromatic heterocycles. The van der Waals surface area contributed by atoms with E-state index in [-0.39, 0.29) is 12.5 Å². The fraction of sp³-hybridized carbons (Fsp3) is 0.533. The van der Waals surface area contributed by atoms with Crippen LogP contribution in [0.2, 0.25) is 0 Å². The molecule has 9 heteroatoms. The van der Waals surface area contributed by atoms with Gasteiger partial charge in [0.05, 0.1) is 10.8 Å². The second-order valence-corrected chi connectivity index (χ2v) is 7.91. The molecule has 2 N–H and O–H groups in total. The number of nitro groups is 1. The summed E-state index contributed by atoms with van der Waals surface area (Å²) in [6.45, 7) is 6.64. The molecular weight excluding hydrogens is 336 g/mol. The van der Waals surface area contributed by atoms with E-state index in [1.807, 2.05) is 13.8 Å². The number of rotatable bonds is 8. The highest BCUT2D eigenvalue weighted by atomic mass is 32.2. The van der Waals surface area contributed by atoms with Gasteiger partial charge in [0, 0.05) is 12.6 Å². The minimum absolute atomic E-state index is 0.0755. The summed E-state index contributed by atoms with van der Waals surface area (Å²) in [7, 11) is -4.19. The van der Waals surface area contributed by atoms with Crippen LogP contribution in [0.15, 0.2) is 17.0 Å². The van der Waals surface area contributed by atoms with E-state index in [1.165, 1.54) is 12.1 Å². The molecule has 0 fully saturated rings. The molecule has 24 heavy (non-hydrogen) atoms. The van der Waals surface area contributed by atoms with Crippen LogP contribution < -0.4 is 4.72 Å². The predicted octanol–water partition coefficient (Wildman–Crippen LogP) is 2.24. The molecule has 1 aromatic rings. The van der Waals surface area contributed by atoms with Crippen molar-refractivity contribution in [1.82, 2.24) is 4.72 Å². The van der Waals surface area contributed by atoms with E-state index in [2.05, 4.69) is 4.72 Å². The Kier molecular flexibility index (Phi) is 6.44. The molecule has 0 spiro atoms. The lowest BCUT2D eigenvalue weighted by atomic mass is 9.98. The maximum atomic E-state index is 12.4. The summed E-state index contributed by atoms with van der Waals surface area (Å²) in [6.07, 6.45) is 0.298. The number of nitro benzene ring substituents is 1. The van der Waals surface area contributed by atoms with Crippen LogP contribution in [0.1, 0.15) is 31.4 Å². The first-order chi connectivity index (χ1) is 11.0. The van der Waals surface area contributed by atoms with E-state index in [0.717, 1.165) is 0 Å². The highest BCUT2D eigenvalue weighted by Crippen LogP contribution is 2.27. The molecule has 134 valence electrons. The number of carboxylic acid groups (broad SMARTS) is 1. The highest BCUT2D eigenvalue weighted by Gasteiger charge is 2.29. The number of nitrogens with one attached hydrogen (secondary N) is 1. The second kappa shape index (κ2) is 7.71. The largest absolute Gasteiger partial charge is 0.481 e. The molecule has 0 amide bonds. The Bertz CT molecular complexity index is 743. The van der Waals surface area contributed by atoms with Gasteiger partial charge in [-0.2, -0.15) is 0 Å². The number of carbonyl (C=O) groups is 1. The van der Waals surface area contributed by atoms with Crippen molar-refractivity contribution < 1.29 is 23.2 Å². The molecule has 0 aliphatic heterocycles. The lowest BCUT2D eigenvalue weighted by Crippen LogP contribution is -2.34. The smallest absolute Gasteiger partial charge is 0.307 e. The van der Waals surface area contributed by atoms with Crippen molar-refractivity contribution in [2.45, 2.75) is 39.0 Å². The summed E-state index contributed by atoms with van der Waals surface area (Å²) in [6, 6.07) is 2.43. The van der Waals surface area contributed by atoms with Gasteiger partial charge in [0.1, 0.15) is 0 Å². The van der Waals surface area contributed by atoms with Gasteiger partial charge in [0.25, 0.3) is 5.69 Å². The van der Waals surface area contributed by atoms with Crippen molar-refractivity contribution >= 4 is 21.7 Å². The number of aryl methyl sites for hydroxylation is 2. The first-order valence-electron chi connectivity index (χ1n) is 7.43. The maximum absolute atomic E-state index is 12.4. The van der Waals surface area contributed by atoms with Crippen LogP contribution in [0, 0.1) is 35.8 Å². The van der Waals surface area contributed by atoms with E-state index in [9.17, 15) is 23.3 Å². The topological polar surface area (TPSA) is 127 Å². The van der Waals surface area contributed by atoms with Gasteiger partial charge in [0.15, 0.2) is 4.90 Å². The molecule has 0 heterocycles. The van der Waals surface area contributed by atoms with Crippen LogP contribution in [0.5, 0.6) is 0 Å². The first-order valence-corrected chi connectivity index (χ1v) is 8.92. The Morgan fingerprint density at radius 1 is 1.29 bits per heavy atom. The van der Waals surface area contributed by atoms with Crippen LogP contribution >= 0.6 is 0 Å². The molecular formula is C15H22N2O6S. The Balaban J connectivity index is 3.14. The minimum Gasteiger partial charge on any atom is -0.481 e. The third-order valence-electron chi connectivity index (χ3n) is 3.69. The van der Waals surface area contributed by atoms with Crippen molar-refractivity contribution in [1.29, 1.82) is 0 Å². The van der Waals surface area contributed by atoms with Gasteiger partial charge < -0.3 is 5.11 Å². The molecule has 1 atom stereocenters.